The van der Waals surface area contributed by atoms with Crippen LogP contribution in [-0.4, -0.2) is 19.5 Å². The molecule has 0 unspecified atom stereocenters. The summed E-state index contributed by atoms with van der Waals surface area (Å²) in [4.78, 5) is 15.6. The van der Waals surface area contributed by atoms with E-state index in [1.807, 2.05) is 53.8 Å². The zero-order valence-electron chi connectivity index (χ0n) is 40.6. The van der Waals surface area contributed by atoms with Crippen molar-refractivity contribution in [3.05, 3.63) is 243 Å². The number of para-hydroxylation sites is 2. The van der Waals surface area contributed by atoms with Crippen LogP contribution in [0.15, 0.2) is 251 Å². The fraction of sp³-hybridized carbons (Fsp3) is 0. The molecule has 0 atom stereocenters. The van der Waals surface area contributed by atoms with Crippen LogP contribution in [0.4, 0.5) is 0 Å². The van der Waals surface area contributed by atoms with Crippen LogP contribution in [0.1, 0.15) is 0 Å². The molecule has 0 radical (unpaired) electrons. The number of thiophene rings is 1. The summed E-state index contributed by atoms with van der Waals surface area (Å²) in [5.41, 5.74) is 16.1. The molecule has 0 fully saturated rings. The van der Waals surface area contributed by atoms with Crippen molar-refractivity contribution >= 4 is 97.2 Å². The van der Waals surface area contributed by atoms with Gasteiger partial charge in [0, 0.05) is 74.9 Å². The molecule has 0 saturated heterocycles. The van der Waals surface area contributed by atoms with Crippen molar-refractivity contribution in [2.75, 3.05) is 0 Å². The molecule has 0 amide bonds. The molecule has 0 spiro atoms. The molecule has 0 bridgehead atoms. The van der Waals surface area contributed by atoms with Gasteiger partial charge in [-0.3, -0.25) is 0 Å². The minimum Gasteiger partial charge on any atom is -0.456 e. The van der Waals surface area contributed by atoms with E-state index in [-0.39, 0.29) is 0 Å². The molecule has 11 aromatic carbocycles. The van der Waals surface area contributed by atoms with Crippen molar-refractivity contribution in [3.63, 3.8) is 0 Å². The number of furan rings is 2. The second-order valence-electron chi connectivity index (χ2n) is 19.5. The first-order valence-electron chi connectivity index (χ1n) is 25.5. The highest BCUT2D eigenvalue weighted by atomic mass is 32.1. The third kappa shape index (κ3) is 6.76. The highest BCUT2D eigenvalue weighted by molar-refractivity contribution is 7.25. The van der Waals surface area contributed by atoms with E-state index in [1.54, 1.807) is 0 Å². The molecule has 6 nitrogen and oxygen atoms in total. The highest BCUT2D eigenvalue weighted by Crippen LogP contribution is 2.44. The van der Waals surface area contributed by atoms with Crippen LogP contribution in [0, 0.1) is 0 Å². The Labute approximate surface area is 439 Å². The van der Waals surface area contributed by atoms with Crippen LogP contribution in [-0.2, 0) is 0 Å². The van der Waals surface area contributed by atoms with Gasteiger partial charge in [0.05, 0.1) is 11.0 Å². The molecule has 5 heterocycles. The summed E-state index contributed by atoms with van der Waals surface area (Å²) in [6, 6.07) is 85.7. The van der Waals surface area contributed by atoms with E-state index < -0.39 is 0 Å². The second kappa shape index (κ2) is 16.8. The maximum absolute atomic E-state index is 6.73. The van der Waals surface area contributed by atoms with Gasteiger partial charge in [0.25, 0.3) is 0 Å². The predicted molar refractivity (Wildman–Crippen MR) is 314 cm³/mol. The Kier molecular flexibility index (Phi) is 9.40. The molecule has 0 saturated carbocycles. The summed E-state index contributed by atoms with van der Waals surface area (Å²) in [5, 5.41) is 9.03. The zero-order chi connectivity index (χ0) is 49.8. The van der Waals surface area contributed by atoms with Gasteiger partial charge in [-0.1, -0.05) is 152 Å². The van der Waals surface area contributed by atoms with Gasteiger partial charge in [0.1, 0.15) is 22.3 Å². The Morgan fingerprint density at radius 2 is 0.855 bits per heavy atom. The van der Waals surface area contributed by atoms with Crippen molar-refractivity contribution < 1.29 is 8.83 Å². The van der Waals surface area contributed by atoms with E-state index in [0.717, 1.165) is 94.1 Å². The molecule has 16 aromatic rings. The van der Waals surface area contributed by atoms with Crippen LogP contribution in [0.25, 0.3) is 159 Å². The van der Waals surface area contributed by atoms with Crippen molar-refractivity contribution in [1.29, 1.82) is 0 Å². The normalized spacial score (nSPS) is 11.9. The average Bonchev–Trinajstić information content (AvgIpc) is 4.26. The molecule has 354 valence electrons. The first-order valence-corrected chi connectivity index (χ1v) is 26.3. The first kappa shape index (κ1) is 42.5. The van der Waals surface area contributed by atoms with E-state index in [2.05, 4.69) is 205 Å². The molecular formula is C69H40N4O2S. The summed E-state index contributed by atoms with van der Waals surface area (Å²) in [6.45, 7) is 0. The maximum atomic E-state index is 6.73. The van der Waals surface area contributed by atoms with Gasteiger partial charge in [-0.2, -0.15) is 0 Å². The van der Waals surface area contributed by atoms with E-state index in [4.69, 9.17) is 23.8 Å². The fourth-order valence-electron chi connectivity index (χ4n) is 11.5. The summed E-state index contributed by atoms with van der Waals surface area (Å²) < 4.78 is 18.3. The smallest absolute Gasteiger partial charge is 0.164 e. The van der Waals surface area contributed by atoms with E-state index in [1.165, 1.54) is 47.5 Å². The second-order valence-corrected chi connectivity index (χ2v) is 20.5. The Balaban J connectivity index is 0.793. The lowest BCUT2D eigenvalue weighted by molar-refractivity contribution is 0.668. The van der Waals surface area contributed by atoms with Gasteiger partial charge < -0.3 is 13.4 Å². The summed E-state index contributed by atoms with van der Waals surface area (Å²) in [7, 11) is 0. The van der Waals surface area contributed by atoms with Gasteiger partial charge in [-0.25, -0.2) is 15.0 Å². The summed E-state index contributed by atoms with van der Waals surface area (Å²) >= 11 is 1.83. The summed E-state index contributed by atoms with van der Waals surface area (Å²) in [6.07, 6.45) is 0. The number of benzene rings is 11. The lowest BCUT2D eigenvalue weighted by Crippen LogP contribution is -2.00. The Hall–Kier alpha value is -9.95. The average molecular weight is 989 g/mol. The number of rotatable bonds is 7. The molecule has 0 aliphatic carbocycles. The van der Waals surface area contributed by atoms with Gasteiger partial charge >= 0.3 is 0 Å². The maximum Gasteiger partial charge on any atom is 0.164 e. The zero-order valence-corrected chi connectivity index (χ0v) is 41.4. The molecule has 5 aromatic heterocycles. The Morgan fingerprint density at radius 3 is 1.68 bits per heavy atom. The van der Waals surface area contributed by atoms with Crippen molar-refractivity contribution in [2.45, 2.75) is 0 Å². The minimum absolute atomic E-state index is 0.549. The Bertz CT molecular complexity index is 5010. The number of fused-ring (bicyclic) bond motifs is 12. The van der Waals surface area contributed by atoms with Gasteiger partial charge in [0.15, 0.2) is 17.5 Å². The highest BCUT2D eigenvalue weighted by Gasteiger charge is 2.21. The van der Waals surface area contributed by atoms with Gasteiger partial charge in [-0.15, -0.1) is 11.3 Å². The Morgan fingerprint density at radius 1 is 0.289 bits per heavy atom. The van der Waals surface area contributed by atoms with Crippen molar-refractivity contribution in [1.82, 2.24) is 19.5 Å². The van der Waals surface area contributed by atoms with Gasteiger partial charge in [0.2, 0.25) is 0 Å². The molecule has 0 aliphatic rings. The molecule has 0 aliphatic heterocycles. The first-order chi connectivity index (χ1) is 37.6. The number of aromatic nitrogens is 4. The van der Waals surface area contributed by atoms with E-state index in [9.17, 15) is 0 Å². The molecule has 76 heavy (non-hydrogen) atoms. The lowest BCUT2D eigenvalue weighted by Gasteiger charge is -2.10. The quantitative estimate of drug-likeness (QED) is 0.159. The third-order valence-electron chi connectivity index (χ3n) is 15.1. The van der Waals surface area contributed by atoms with Gasteiger partial charge in [-0.05, 0) is 124 Å². The fourth-order valence-corrected chi connectivity index (χ4v) is 12.7. The van der Waals surface area contributed by atoms with Crippen LogP contribution in [0.3, 0.4) is 0 Å². The molecule has 16 rings (SSSR count). The van der Waals surface area contributed by atoms with Crippen molar-refractivity contribution in [2.24, 2.45) is 0 Å². The predicted octanol–water partition coefficient (Wildman–Crippen LogP) is 19.1. The number of hydrogen-bond donors (Lipinski definition) is 0. The number of nitrogens with zero attached hydrogens (tertiary/aromatic N) is 4. The monoisotopic (exact) mass is 988 g/mol. The summed E-state index contributed by atoms with van der Waals surface area (Å²) in [5.74, 6) is 1.68. The van der Waals surface area contributed by atoms with Crippen LogP contribution in [0.5, 0.6) is 0 Å². The van der Waals surface area contributed by atoms with E-state index in [0.29, 0.717) is 17.5 Å². The van der Waals surface area contributed by atoms with Crippen LogP contribution in [0.2, 0.25) is 0 Å². The standard InChI is InChI=1S/C69H40N4O2S/c1-3-14-41(15-4-1)67-70-68(47-29-33-52-51-32-28-46(39-61(51)75-62(52)40-47)49-22-13-27-64-66(49)53-21-8-10-26-63(53)76-64)72-69(71-67)54-23-12-25-60-65(54)56-38-45(31-35-59(56)74-60)43-17-11-16-42(36-43)44-30-34-58-55(37-44)50-20-7-9-24-57(50)73(58)48-18-5-2-6-19-48/h1-40H. The van der Waals surface area contributed by atoms with Crippen LogP contribution < -0.4 is 0 Å². The SMILES string of the molecule is c1ccc(-c2nc(-c3ccc4c(c3)oc3cc(-c5cccc6sc7ccccc7c56)ccc34)nc(-c3cccc4oc5ccc(-c6cccc(-c7ccc8c(c7)c7ccccc7n8-c7ccccc7)c6)cc5c34)n2)cc1. The third-order valence-corrected chi connectivity index (χ3v) is 16.2. The minimum atomic E-state index is 0.549. The topological polar surface area (TPSA) is 69.9 Å². The van der Waals surface area contributed by atoms with Crippen LogP contribution >= 0.6 is 11.3 Å². The molecule has 7 heteroatoms. The largest absolute Gasteiger partial charge is 0.456 e. The molecule has 0 N–H and O–H groups in total. The number of hydrogen-bond acceptors (Lipinski definition) is 6. The lowest BCUT2D eigenvalue weighted by atomic mass is 9.96. The van der Waals surface area contributed by atoms with E-state index >= 15 is 0 Å². The molecular weight excluding hydrogens is 949 g/mol. The van der Waals surface area contributed by atoms with Crippen molar-refractivity contribution in [3.8, 4) is 73.2 Å².